The Morgan fingerprint density at radius 1 is 0.875 bits per heavy atom. The number of ketones is 1. The smallest absolute Gasteiger partial charge is 0.294 e. The molecule has 166 valence electrons. The first kappa shape index (κ1) is 22.4. The van der Waals surface area contributed by atoms with Crippen LogP contribution < -0.4 is 0 Å². The van der Waals surface area contributed by atoms with Crippen molar-refractivity contribution in [3.8, 4) is 11.1 Å². The SMILES string of the molecule is Cc1ccc(S(=O)(=O)OC[C@@H]2CCC(C(=O)c3ccc(-c4ccccc4)cc3)[C@H]2C)cc1. The molecule has 3 aromatic carbocycles. The molecule has 0 spiro atoms. The average molecular weight is 449 g/mol. The van der Waals surface area contributed by atoms with Gasteiger partial charge in [0.15, 0.2) is 5.78 Å². The van der Waals surface area contributed by atoms with Gasteiger partial charge >= 0.3 is 0 Å². The first-order chi connectivity index (χ1) is 15.3. The molecule has 3 atom stereocenters. The van der Waals surface area contributed by atoms with Gasteiger partial charge in [-0.25, -0.2) is 0 Å². The van der Waals surface area contributed by atoms with Gasteiger partial charge in [-0.2, -0.15) is 8.42 Å². The maximum absolute atomic E-state index is 13.1. The molecule has 0 saturated heterocycles. The summed E-state index contributed by atoms with van der Waals surface area (Å²) in [5.74, 6) is 0.103. The lowest BCUT2D eigenvalue weighted by Gasteiger charge is -2.20. The highest BCUT2D eigenvalue weighted by molar-refractivity contribution is 7.86. The van der Waals surface area contributed by atoms with Crippen LogP contribution in [0.15, 0.2) is 83.8 Å². The quantitative estimate of drug-likeness (QED) is 0.333. The van der Waals surface area contributed by atoms with Crippen LogP contribution in [0.2, 0.25) is 0 Å². The van der Waals surface area contributed by atoms with Gasteiger partial charge in [0, 0.05) is 11.5 Å². The largest absolute Gasteiger partial charge is 0.296 e. The second-order valence-electron chi connectivity index (χ2n) is 8.66. The molecule has 5 heteroatoms. The van der Waals surface area contributed by atoms with E-state index in [0.29, 0.717) is 5.56 Å². The van der Waals surface area contributed by atoms with E-state index in [2.05, 4.69) is 0 Å². The van der Waals surface area contributed by atoms with Crippen molar-refractivity contribution < 1.29 is 17.4 Å². The van der Waals surface area contributed by atoms with Crippen molar-refractivity contribution in [3.05, 3.63) is 90.0 Å². The summed E-state index contributed by atoms with van der Waals surface area (Å²) in [6.45, 7) is 4.04. The lowest BCUT2D eigenvalue weighted by atomic mass is 9.86. The minimum absolute atomic E-state index is 0.0350. The van der Waals surface area contributed by atoms with Crippen molar-refractivity contribution in [2.45, 2.75) is 31.6 Å². The van der Waals surface area contributed by atoms with Crippen molar-refractivity contribution in [1.82, 2.24) is 0 Å². The summed E-state index contributed by atoms with van der Waals surface area (Å²) in [5.41, 5.74) is 3.89. The van der Waals surface area contributed by atoms with Gasteiger partial charge < -0.3 is 0 Å². The molecular formula is C27H28O4S. The molecule has 1 aliphatic rings. The standard InChI is InChI=1S/C27H28O4S/c1-19-8-15-25(16-9-19)32(29,30)31-18-24-14-17-26(20(24)2)27(28)23-12-10-22(11-13-23)21-6-4-3-5-7-21/h3-13,15-16,20,24,26H,14,17-18H2,1-2H3/t20-,24-,26?/m0/s1. The van der Waals surface area contributed by atoms with Crippen LogP contribution in [0.1, 0.15) is 35.7 Å². The van der Waals surface area contributed by atoms with Gasteiger partial charge in [0.25, 0.3) is 10.1 Å². The normalized spacial score (nSPS) is 20.9. The molecule has 1 aliphatic carbocycles. The average Bonchev–Trinajstić information content (AvgIpc) is 3.18. The Labute approximate surface area is 190 Å². The number of carbonyl (C=O) groups is 1. The summed E-state index contributed by atoms with van der Waals surface area (Å²) in [4.78, 5) is 13.3. The van der Waals surface area contributed by atoms with E-state index >= 15 is 0 Å². The Morgan fingerprint density at radius 2 is 1.50 bits per heavy atom. The molecule has 1 unspecified atom stereocenters. The predicted molar refractivity (Wildman–Crippen MR) is 126 cm³/mol. The number of hydrogen-bond acceptors (Lipinski definition) is 4. The number of benzene rings is 3. The zero-order valence-electron chi connectivity index (χ0n) is 18.4. The second-order valence-corrected chi connectivity index (χ2v) is 10.3. The maximum atomic E-state index is 13.1. The van der Waals surface area contributed by atoms with Crippen LogP contribution in [0.3, 0.4) is 0 Å². The Morgan fingerprint density at radius 3 is 2.16 bits per heavy atom. The van der Waals surface area contributed by atoms with Crippen LogP contribution in [0.25, 0.3) is 11.1 Å². The molecule has 4 rings (SSSR count). The van der Waals surface area contributed by atoms with Crippen LogP contribution >= 0.6 is 0 Å². The summed E-state index contributed by atoms with van der Waals surface area (Å²) in [6.07, 6.45) is 1.53. The van der Waals surface area contributed by atoms with E-state index in [0.717, 1.165) is 29.5 Å². The van der Waals surface area contributed by atoms with Gasteiger partial charge in [0.2, 0.25) is 0 Å². The topological polar surface area (TPSA) is 60.4 Å². The number of rotatable bonds is 7. The van der Waals surface area contributed by atoms with Gasteiger partial charge in [0.1, 0.15) is 0 Å². The minimum Gasteiger partial charge on any atom is -0.294 e. The van der Waals surface area contributed by atoms with E-state index in [9.17, 15) is 13.2 Å². The van der Waals surface area contributed by atoms with Gasteiger partial charge in [-0.1, -0.05) is 79.2 Å². The van der Waals surface area contributed by atoms with Crippen LogP contribution in [0.5, 0.6) is 0 Å². The lowest BCUT2D eigenvalue weighted by molar-refractivity contribution is 0.0879. The van der Waals surface area contributed by atoms with Crippen molar-refractivity contribution in [2.24, 2.45) is 17.8 Å². The molecular weight excluding hydrogens is 420 g/mol. The Bertz CT molecular complexity index is 1170. The van der Waals surface area contributed by atoms with Crippen LogP contribution in [-0.2, 0) is 14.3 Å². The number of aryl methyl sites for hydroxylation is 1. The summed E-state index contributed by atoms with van der Waals surface area (Å²) >= 11 is 0. The molecule has 1 fully saturated rings. The molecule has 0 bridgehead atoms. The third kappa shape index (κ3) is 4.84. The summed E-state index contributed by atoms with van der Waals surface area (Å²) < 4.78 is 30.4. The van der Waals surface area contributed by atoms with Gasteiger partial charge in [0.05, 0.1) is 11.5 Å². The summed E-state index contributed by atoms with van der Waals surface area (Å²) in [7, 11) is -3.79. The molecule has 3 aromatic rings. The molecule has 4 nitrogen and oxygen atoms in total. The minimum atomic E-state index is -3.79. The zero-order chi connectivity index (χ0) is 22.7. The van der Waals surface area contributed by atoms with Gasteiger partial charge in [-0.15, -0.1) is 0 Å². The monoisotopic (exact) mass is 448 g/mol. The van der Waals surface area contributed by atoms with E-state index in [-0.39, 0.29) is 35.0 Å². The van der Waals surface area contributed by atoms with E-state index in [1.54, 1.807) is 24.3 Å². The van der Waals surface area contributed by atoms with Crippen molar-refractivity contribution in [3.63, 3.8) is 0 Å². The fourth-order valence-corrected chi connectivity index (χ4v) is 5.43. The third-order valence-electron chi connectivity index (χ3n) is 6.59. The first-order valence-electron chi connectivity index (χ1n) is 11.0. The fraction of sp³-hybridized carbons (Fsp3) is 0.296. The molecule has 1 saturated carbocycles. The summed E-state index contributed by atoms with van der Waals surface area (Å²) in [6, 6.07) is 24.5. The van der Waals surface area contributed by atoms with E-state index < -0.39 is 10.1 Å². The van der Waals surface area contributed by atoms with E-state index in [1.807, 2.05) is 68.4 Å². The molecule has 0 N–H and O–H groups in total. The van der Waals surface area contributed by atoms with E-state index in [4.69, 9.17) is 4.18 Å². The van der Waals surface area contributed by atoms with Gasteiger partial charge in [-0.05, 0) is 54.9 Å². The van der Waals surface area contributed by atoms with Crippen LogP contribution in [0, 0.1) is 24.7 Å². The molecule has 0 radical (unpaired) electrons. The highest BCUT2D eigenvalue weighted by Gasteiger charge is 2.38. The molecule has 0 amide bonds. The van der Waals surface area contributed by atoms with Crippen molar-refractivity contribution in [1.29, 1.82) is 0 Å². The molecule has 0 heterocycles. The number of Topliss-reactive ketones (excluding diaryl/α,β-unsaturated/α-hetero) is 1. The Hall–Kier alpha value is -2.76. The number of hydrogen-bond donors (Lipinski definition) is 0. The van der Waals surface area contributed by atoms with Crippen LogP contribution in [-0.4, -0.2) is 20.8 Å². The zero-order valence-corrected chi connectivity index (χ0v) is 19.2. The van der Waals surface area contributed by atoms with Gasteiger partial charge in [-0.3, -0.25) is 8.98 Å². The third-order valence-corrected chi connectivity index (χ3v) is 7.88. The molecule has 32 heavy (non-hydrogen) atoms. The predicted octanol–water partition coefficient (Wildman–Crippen LogP) is 5.91. The lowest BCUT2D eigenvalue weighted by Crippen LogP contribution is -2.23. The van der Waals surface area contributed by atoms with Crippen LogP contribution in [0.4, 0.5) is 0 Å². The van der Waals surface area contributed by atoms with Crippen molar-refractivity contribution >= 4 is 15.9 Å². The fourth-order valence-electron chi connectivity index (χ4n) is 4.47. The first-order valence-corrected chi connectivity index (χ1v) is 12.4. The van der Waals surface area contributed by atoms with E-state index in [1.165, 1.54) is 0 Å². The Kier molecular flexibility index (Phi) is 6.58. The Balaban J connectivity index is 1.39. The second kappa shape index (κ2) is 9.39. The molecule has 0 aromatic heterocycles. The highest BCUT2D eigenvalue weighted by atomic mass is 32.2. The highest BCUT2D eigenvalue weighted by Crippen LogP contribution is 2.39. The molecule has 0 aliphatic heterocycles. The maximum Gasteiger partial charge on any atom is 0.296 e. The van der Waals surface area contributed by atoms with Crippen molar-refractivity contribution in [2.75, 3.05) is 6.61 Å². The number of carbonyl (C=O) groups excluding carboxylic acids is 1. The summed E-state index contributed by atoms with van der Waals surface area (Å²) in [5, 5.41) is 0.